The second-order valence-corrected chi connectivity index (χ2v) is 4.92. The number of hydrogen-bond acceptors (Lipinski definition) is 3. The van der Waals surface area contributed by atoms with Crippen LogP contribution in [0, 0.1) is 5.92 Å². The maximum atomic E-state index is 12.2. The third-order valence-electron chi connectivity index (χ3n) is 2.90. The molecule has 0 saturated carbocycles. The Balaban J connectivity index is 3.05. The van der Waals surface area contributed by atoms with E-state index in [4.69, 9.17) is 4.74 Å². The third-order valence-corrected chi connectivity index (χ3v) is 3.39. The molecule has 1 atom stereocenters. The van der Waals surface area contributed by atoms with Crippen molar-refractivity contribution in [3.63, 3.8) is 0 Å². The lowest BCUT2D eigenvalue weighted by molar-refractivity contribution is -0.123. The SMILES string of the molecule is CCC(CO)C(=O)N(C)c1cc(Br)ccc1OC. The first-order valence-electron chi connectivity index (χ1n) is 5.77. The van der Waals surface area contributed by atoms with Crippen molar-refractivity contribution >= 4 is 27.5 Å². The van der Waals surface area contributed by atoms with E-state index in [1.165, 1.54) is 4.90 Å². The fraction of sp³-hybridized carbons (Fsp3) is 0.462. The molecule has 1 N–H and O–H groups in total. The van der Waals surface area contributed by atoms with Gasteiger partial charge >= 0.3 is 0 Å². The number of carbonyl (C=O) groups is 1. The van der Waals surface area contributed by atoms with Gasteiger partial charge in [0.2, 0.25) is 5.91 Å². The molecule has 18 heavy (non-hydrogen) atoms. The third kappa shape index (κ3) is 3.23. The number of ether oxygens (including phenoxy) is 1. The molecule has 0 aliphatic carbocycles. The number of rotatable bonds is 5. The molecule has 0 aliphatic heterocycles. The standard InChI is InChI=1S/C13H18BrNO3/c1-4-9(8-16)13(17)15(2)11-7-10(14)5-6-12(11)18-3/h5-7,9,16H,4,8H2,1-3H3. The van der Waals surface area contributed by atoms with Gasteiger partial charge in [0.1, 0.15) is 5.75 Å². The van der Waals surface area contributed by atoms with Crippen molar-refractivity contribution in [1.29, 1.82) is 0 Å². The topological polar surface area (TPSA) is 49.8 Å². The Morgan fingerprint density at radius 2 is 2.22 bits per heavy atom. The molecule has 4 nitrogen and oxygen atoms in total. The van der Waals surface area contributed by atoms with Gasteiger partial charge in [-0.2, -0.15) is 0 Å². The highest BCUT2D eigenvalue weighted by atomic mass is 79.9. The first-order valence-corrected chi connectivity index (χ1v) is 6.56. The number of halogens is 1. The van der Waals surface area contributed by atoms with Crippen LogP contribution in [0.2, 0.25) is 0 Å². The van der Waals surface area contributed by atoms with E-state index >= 15 is 0 Å². The van der Waals surface area contributed by atoms with Gasteiger partial charge in [-0.1, -0.05) is 22.9 Å². The molecule has 5 heteroatoms. The predicted octanol–water partition coefficient (Wildman–Crippen LogP) is 2.44. The van der Waals surface area contributed by atoms with E-state index in [0.717, 1.165) is 4.47 Å². The Hall–Kier alpha value is -1.07. The van der Waals surface area contributed by atoms with E-state index in [9.17, 15) is 9.90 Å². The van der Waals surface area contributed by atoms with E-state index < -0.39 is 0 Å². The van der Waals surface area contributed by atoms with Crippen LogP contribution in [0.3, 0.4) is 0 Å². The molecule has 0 saturated heterocycles. The number of hydrogen-bond donors (Lipinski definition) is 1. The molecule has 0 aliphatic rings. The van der Waals surface area contributed by atoms with E-state index in [0.29, 0.717) is 17.9 Å². The first kappa shape index (κ1) is 15.0. The van der Waals surface area contributed by atoms with Crippen LogP contribution in [0.15, 0.2) is 22.7 Å². The molecule has 1 unspecified atom stereocenters. The van der Waals surface area contributed by atoms with Crippen molar-refractivity contribution in [1.82, 2.24) is 0 Å². The summed E-state index contributed by atoms with van der Waals surface area (Å²) in [5.41, 5.74) is 0.684. The fourth-order valence-corrected chi connectivity index (χ4v) is 2.05. The molecule has 1 amide bonds. The van der Waals surface area contributed by atoms with Gasteiger partial charge in [-0.3, -0.25) is 4.79 Å². The number of carbonyl (C=O) groups excluding carboxylic acids is 1. The van der Waals surface area contributed by atoms with Crippen LogP contribution >= 0.6 is 15.9 Å². The largest absolute Gasteiger partial charge is 0.495 e. The lowest BCUT2D eigenvalue weighted by Gasteiger charge is -2.23. The van der Waals surface area contributed by atoms with E-state index in [2.05, 4.69) is 15.9 Å². The zero-order chi connectivity index (χ0) is 13.7. The molecule has 100 valence electrons. The van der Waals surface area contributed by atoms with Crippen LogP contribution in [-0.2, 0) is 4.79 Å². The highest BCUT2D eigenvalue weighted by molar-refractivity contribution is 9.10. The van der Waals surface area contributed by atoms with E-state index in [1.54, 1.807) is 20.2 Å². The van der Waals surface area contributed by atoms with Crippen LogP contribution in [0.5, 0.6) is 5.75 Å². The van der Waals surface area contributed by atoms with Gasteiger partial charge < -0.3 is 14.7 Å². The van der Waals surface area contributed by atoms with Gasteiger partial charge in [-0.05, 0) is 24.6 Å². The van der Waals surface area contributed by atoms with Crippen LogP contribution in [-0.4, -0.2) is 31.8 Å². The Kier molecular flexibility index (Phi) is 5.62. The van der Waals surface area contributed by atoms with E-state index in [-0.39, 0.29) is 18.4 Å². The highest BCUT2D eigenvalue weighted by Crippen LogP contribution is 2.31. The zero-order valence-electron chi connectivity index (χ0n) is 10.8. The number of aliphatic hydroxyl groups is 1. The van der Waals surface area contributed by atoms with Crippen molar-refractivity contribution in [2.75, 3.05) is 25.7 Å². The molecular weight excluding hydrogens is 298 g/mol. The molecule has 0 radical (unpaired) electrons. The number of amides is 1. The average molecular weight is 316 g/mol. The summed E-state index contributed by atoms with van der Waals surface area (Å²) < 4.78 is 6.11. The molecule has 1 rings (SSSR count). The lowest BCUT2D eigenvalue weighted by Crippen LogP contribution is -2.34. The predicted molar refractivity (Wildman–Crippen MR) is 75.0 cm³/mol. The molecule has 1 aromatic rings. The van der Waals surface area contributed by atoms with Crippen LogP contribution in [0.25, 0.3) is 0 Å². The van der Waals surface area contributed by atoms with Crippen LogP contribution in [0.1, 0.15) is 13.3 Å². The van der Waals surface area contributed by atoms with E-state index in [1.807, 2.05) is 19.1 Å². The van der Waals surface area contributed by atoms with Crippen LogP contribution in [0.4, 0.5) is 5.69 Å². The zero-order valence-corrected chi connectivity index (χ0v) is 12.4. The normalized spacial score (nSPS) is 12.1. The Labute approximate surface area is 116 Å². The quantitative estimate of drug-likeness (QED) is 0.908. The van der Waals surface area contributed by atoms with Crippen LogP contribution < -0.4 is 9.64 Å². The summed E-state index contributed by atoms with van der Waals surface area (Å²) in [7, 11) is 3.25. The average Bonchev–Trinajstić information content (AvgIpc) is 2.39. The molecule has 0 bridgehead atoms. The number of methoxy groups -OCH3 is 1. The van der Waals surface area contributed by atoms with Crippen molar-refractivity contribution in [2.24, 2.45) is 5.92 Å². The molecule has 0 fully saturated rings. The molecule has 1 aromatic carbocycles. The summed E-state index contributed by atoms with van der Waals surface area (Å²) in [4.78, 5) is 13.7. The van der Waals surface area contributed by atoms with Gasteiger partial charge in [0, 0.05) is 11.5 Å². The minimum absolute atomic E-state index is 0.114. The summed E-state index contributed by atoms with van der Waals surface area (Å²) >= 11 is 3.37. The van der Waals surface area contributed by atoms with Gasteiger partial charge in [-0.15, -0.1) is 0 Å². The number of anilines is 1. The summed E-state index contributed by atoms with van der Waals surface area (Å²) in [6, 6.07) is 5.47. The van der Waals surface area contributed by atoms with Crippen molar-refractivity contribution < 1.29 is 14.6 Å². The Bertz CT molecular complexity index is 419. The van der Waals surface area contributed by atoms with Crippen molar-refractivity contribution in [2.45, 2.75) is 13.3 Å². The smallest absolute Gasteiger partial charge is 0.232 e. The minimum Gasteiger partial charge on any atom is -0.495 e. The summed E-state index contributed by atoms with van der Waals surface area (Å²) in [6.45, 7) is 1.74. The fourth-order valence-electron chi connectivity index (χ4n) is 1.70. The molecule has 0 spiro atoms. The first-order chi connectivity index (χ1) is 8.54. The lowest BCUT2D eigenvalue weighted by atomic mass is 10.1. The monoisotopic (exact) mass is 315 g/mol. The van der Waals surface area contributed by atoms with Gasteiger partial charge in [0.05, 0.1) is 25.3 Å². The number of benzene rings is 1. The van der Waals surface area contributed by atoms with Gasteiger partial charge in [0.15, 0.2) is 0 Å². The minimum atomic E-state index is -0.376. The molecule has 0 aromatic heterocycles. The van der Waals surface area contributed by atoms with Gasteiger partial charge in [0.25, 0.3) is 0 Å². The Morgan fingerprint density at radius 3 is 2.72 bits per heavy atom. The highest BCUT2D eigenvalue weighted by Gasteiger charge is 2.22. The molecular formula is C13H18BrNO3. The second kappa shape index (κ2) is 6.75. The second-order valence-electron chi connectivity index (χ2n) is 4.00. The van der Waals surface area contributed by atoms with Crippen molar-refractivity contribution in [3.8, 4) is 5.75 Å². The van der Waals surface area contributed by atoms with Crippen molar-refractivity contribution in [3.05, 3.63) is 22.7 Å². The number of aliphatic hydroxyl groups excluding tert-OH is 1. The summed E-state index contributed by atoms with van der Waals surface area (Å²) in [5, 5.41) is 9.19. The Morgan fingerprint density at radius 1 is 1.56 bits per heavy atom. The maximum absolute atomic E-state index is 12.2. The summed E-state index contributed by atoms with van der Waals surface area (Å²) in [6.07, 6.45) is 0.607. The molecule has 0 heterocycles. The van der Waals surface area contributed by atoms with Gasteiger partial charge in [-0.25, -0.2) is 0 Å². The summed E-state index contributed by atoms with van der Waals surface area (Å²) in [5.74, 6) is 0.136. The number of nitrogens with zero attached hydrogens (tertiary/aromatic N) is 1. The maximum Gasteiger partial charge on any atom is 0.232 e.